The molecule has 0 fully saturated rings. The van der Waals surface area contributed by atoms with Gasteiger partial charge < -0.3 is 5.73 Å². The first kappa shape index (κ1) is 33.8. The number of hydrogen-bond donors (Lipinski definition) is 1. The molecular weight excluding hydrogens is 461 g/mol. The van der Waals surface area contributed by atoms with Crippen LogP contribution in [0.2, 0.25) is 12.6 Å². The molecule has 0 bridgehead atoms. The van der Waals surface area contributed by atoms with E-state index in [1.54, 1.807) is 0 Å². The molecule has 2 N–H and O–H groups in total. The number of hydrogen-bond acceptors (Lipinski definition) is 1. The van der Waals surface area contributed by atoms with Gasteiger partial charge in [-0.2, -0.15) is 0 Å². The zero-order valence-corrected chi connectivity index (χ0v) is 25.1. The number of nitrogens with two attached hydrogens (primary N) is 1. The van der Waals surface area contributed by atoms with E-state index in [-0.39, 0.29) is 0 Å². The number of halogens is 2. The van der Waals surface area contributed by atoms with Gasteiger partial charge in [0.15, 0.2) is 0 Å². The topological polar surface area (TPSA) is 26.0 Å². The Morgan fingerprint density at radius 1 is 0.364 bits per heavy atom. The highest BCUT2D eigenvalue weighted by Gasteiger charge is 2.19. The molecule has 0 atom stereocenters. The van der Waals surface area contributed by atoms with Crippen molar-refractivity contribution in [1.29, 1.82) is 0 Å². The van der Waals surface area contributed by atoms with E-state index in [1.165, 1.54) is 167 Å². The van der Waals surface area contributed by atoms with Crippen molar-refractivity contribution in [3.63, 3.8) is 0 Å². The van der Waals surface area contributed by atoms with E-state index in [0.29, 0.717) is 0 Å². The predicted molar refractivity (Wildman–Crippen MR) is 157 cm³/mol. The molecule has 0 aliphatic rings. The molecule has 0 rings (SSSR count). The second-order valence-corrected chi connectivity index (χ2v) is 19.0. The monoisotopic (exact) mass is 521 g/mol. The van der Waals surface area contributed by atoms with Gasteiger partial charge in [0.1, 0.15) is 0 Å². The van der Waals surface area contributed by atoms with Crippen molar-refractivity contribution in [2.24, 2.45) is 5.73 Å². The van der Waals surface area contributed by atoms with Gasteiger partial charge in [0.05, 0.1) is 0 Å². The minimum absolute atomic E-state index is 0.870. The second kappa shape index (κ2) is 27.3. The van der Waals surface area contributed by atoms with Crippen molar-refractivity contribution in [2.45, 2.75) is 180 Å². The van der Waals surface area contributed by atoms with Gasteiger partial charge in [0.2, 0.25) is 6.69 Å². The van der Waals surface area contributed by atoms with Gasteiger partial charge in [0, 0.05) is 0 Å². The third kappa shape index (κ3) is 32.8. The molecule has 0 aromatic heterocycles. The summed E-state index contributed by atoms with van der Waals surface area (Å²) in [6.45, 7) is 1.07. The fourth-order valence-corrected chi connectivity index (χ4v) is 6.49. The minimum atomic E-state index is -1.84. The lowest BCUT2D eigenvalue weighted by Crippen LogP contribution is -2.11. The van der Waals surface area contributed by atoms with Crippen molar-refractivity contribution >= 4 is 28.9 Å². The molecule has 0 aliphatic heterocycles. The van der Waals surface area contributed by atoms with Crippen LogP contribution in [-0.4, -0.2) is 13.2 Å². The normalized spacial score (nSPS) is 12.0. The zero-order valence-electron chi connectivity index (χ0n) is 22.6. The Hall–Kier alpha value is 0.757. The van der Waals surface area contributed by atoms with Gasteiger partial charge in [-0.1, -0.05) is 161 Å². The lowest BCUT2D eigenvalue weighted by atomic mass is 10.0. The summed E-state index contributed by atoms with van der Waals surface area (Å²) in [4.78, 5) is 0. The van der Waals surface area contributed by atoms with Gasteiger partial charge >= 0.3 is 0 Å². The smallest absolute Gasteiger partial charge is 0.248 e. The zero-order chi connectivity index (χ0) is 24.3. The van der Waals surface area contributed by atoms with E-state index in [4.69, 9.17) is 27.9 Å². The molecule has 0 unspecified atom stereocenters. The van der Waals surface area contributed by atoms with Crippen LogP contribution in [0, 0.1) is 0 Å². The number of rotatable bonds is 28. The van der Waals surface area contributed by atoms with Crippen LogP contribution in [0.1, 0.15) is 167 Å². The van der Waals surface area contributed by atoms with Crippen LogP contribution in [0.3, 0.4) is 0 Å². The summed E-state index contributed by atoms with van der Waals surface area (Å²) in [7, 11) is 0. The van der Waals surface area contributed by atoms with Gasteiger partial charge in [-0.05, 0) is 25.6 Å². The van der Waals surface area contributed by atoms with E-state index in [2.05, 4.69) is 0 Å². The number of unbranched alkanes of at least 4 members (excludes halogenated alkanes) is 25. The average Bonchev–Trinajstić information content (AvgIpc) is 2.78. The Morgan fingerprint density at radius 2 is 0.545 bits per heavy atom. The van der Waals surface area contributed by atoms with E-state index in [1.807, 2.05) is 6.55 Å². The molecule has 1 nitrogen and oxygen atoms in total. The van der Waals surface area contributed by atoms with Crippen LogP contribution >= 0.6 is 22.2 Å². The highest BCUT2D eigenvalue weighted by Crippen LogP contribution is 2.23. The first-order chi connectivity index (χ1) is 16.1. The lowest BCUT2D eigenvalue weighted by Gasteiger charge is -2.09. The van der Waals surface area contributed by atoms with E-state index in [0.717, 1.165) is 12.6 Å². The second-order valence-electron chi connectivity index (χ2n) is 10.8. The third-order valence-corrected chi connectivity index (χ3v) is 9.44. The van der Waals surface area contributed by atoms with Crippen LogP contribution in [0.5, 0.6) is 0 Å². The first-order valence-corrected chi connectivity index (χ1v) is 19.9. The fraction of sp³-hybridized carbons (Fsp3) is 1.00. The van der Waals surface area contributed by atoms with E-state index < -0.39 is 6.69 Å². The molecule has 0 radical (unpaired) electrons. The van der Waals surface area contributed by atoms with Gasteiger partial charge in [-0.15, -0.1) is 22.2 Å². The predicted octanol–water partition coefficient (Wildman–Crippen LogP) is 11.6. The largest absolute Gasteiger partial charge is 0.330 e. The summed E-state index contributed by atoms with van der Waals surface area (Å²) < 4.78 is 0. The SMILES string of the molecule is C[Si](Cl)(Cl)CCCCCCCCCCCCCCCCCCCCCCCCCCCCN. The Morgan fingerprint density at radius 3 is 0.727 bits per heavy atom. The van der Waals surface area contributed by atoms with Crippen molar-refractivity contribution in [1.82, 2.24) is 0 Å². The standard InChI is InChI=1S/C29H61Cl2NSi/c1-33(30,31)29-27-25-23-21-19-17-15-13-11-9-7-5-3-2-4-6-8-10-12-14-16-18-20-22-24-26-28-32/h2-29,32H2,1H3. The Bertz CT molecular complexity index is 360. The fourth-order valence-electron chi connectivity index (χ4n) is 4.82. The summed E-state index contributed by atoms with van der Waals surface area (Å²) in [6.07, 6.45) is 37.0. The molecule has 0 heterocycles. The maximum atomic E-state index is 6.15. The molecule has 0 aromatic carbocycles. The summed E-state index contributed by atoms with van der Waals surface area (Å²) in [5.41, 5.74) is 5.53. The molecule has 0 aromatic rings. The van der Waals surface area contributed by atoms with Crippen molar-refractivity contribution in [2.75, 3.05) is 6.54 Å². The van der Waals surface area contributed by atoms with E-state index in [9.17, 15) is 0 Å². The maximum Gasteiger partial charge on any atom is 0.248 e. The molecule has 0 saturated carbocycles. The summed E-state index contributed by atoms with van der Waals surface area (Å²) in [5.74, 6) is 0. The molecule has 4 heteroatoms. The third-order valence-electron chi connectivity index (χ3n) is 7.07. The maximum absolute atomic E-state index is 6.15. The van der Waals surface area contributed by atoms with E-state index >= 15 is 0 Å². The van der Waals surface area contributed by atoms with Crippen LogP contribution in [0.25, 0.3) is 0 Å². The summed E-state index contributed by atoms with van der Waals surface area (Å²) in [6, 6.07) is 1.06. The van der Waals surface area contributed by atoms with Gasteiger partial charge in [0.25, 0.3) is 0 Å². The Labute approximate surface area is 220 Å². The summed E-state index contributed by atoms with van der Waals surface area (Å²) in [5, 5.41) is 0. The molecule has 33 heavy (non-hydrogen) atoms. The minimum Gasteiger partial charge on any atom is -0.330 e. The molecule has 0 saturated heterocycles. The Kier molecular flexibility index (Phi) is 28.0. The molecule has 200 valence electrons. The molecular formula is C29H61Cl2NSi. The highest BCUT2D eigenvalue weighted by atomic mass is 35.7. The van der Waals surface area contributed by atoms with Crippen molar-refractivity contribution in [3.05, 3.63) is 0 Å². The van der Waals surface area contributed by atoms with Crippen LogP contribution in [-0.2, 0) is 0 Å². The quantitative estimate of drug-likeness (QED) is 0.0617. The van der Waals surface area contributed by atoms with Crippen LogP contribution in [0.15, 0.2) is 0 Å². The molecule has 0 spiro atoms. The first-order valence-electron chi connectivity index (χ1n) is 15.1. The van der Waals surface area contributed by atoms with Crippen molar-refractivity contribution in [3.8, 4) is 0 Å². The average molecular weight is 523 g/mol. The summed E-state index contributed by atoms with van der Waals surface area (Å²) >= 11 is 12.3. The van der Waals surface area contributed by atoms with Gasteiger partial charge in [-0.25, -0.2) is 0 Å². The lowest BCUT2D eigenvalue weighted by molar-refractivity contribution is 0.515. The molecule has 0 aliphatic carbocycles. The van der Waals surface area contributed by atoms with Gasteiger partial charge in [-0.3, -0.25) is 0 Å². The van der Waals surface area contributed by atoms with Crippen molar-refractivity contribution < 1.29 is 0 Å². The molecule has 0 amide bonds. The van der Waals surface area contributed by atoms with Crippen LogP contribution in [0.4, 0.5) is 0 Å². The Balaban J connectivity index is 3.03. The highest BCUT2D eigenvalue weighted by molar-refractivity contribution is 7.44. The van der Waals surface area contributed by atoms with Crippen LogP contribution < -0.4 is 5.73 Å².